The summed E-state index contributed by atoms with van der Waals surface area (Å²) in [5.41, 5.74) is 1.90. The number of amides is 1. The third-order valence-corrected chi connectivity index (χ3v) is 5.96. The number of fused-ring (bicyclic) bond motifs is 1. The van der Waals surface area contributed by atoms with E-state index in [0.717, 1.165) is 28.7 Å². The molecule has 2 aliphatic heterocycles. The Morgan fingerprint density at radius 1 is 1.17 bits per heavy atom. The van der Waals surface area contributed by atoms with Crippen molar-refractivity contribution in [2.75, 3.05) is 18.4 Å². The fourth-order valence-corrected chi connectivity index (χ4v) is 4.07. The van der Waals surface area contributed by atoms with Crippen molar-refractivity contribution >= 4 is 11.7 Å². The van der Waals surface area contributed by atoms with E-state index in [1.54, 1.807) is 4.90 Å². The summed E-state index contributed by atoms with van der Waals surface area (Å²) in [5, 5.41) is 7.23. The lowest BCUT2D eigenvalue weighted by atomic mass is 9.96. The first kappa shape index (κ1) is 19.8. The summed E-state index contributed by atoms with van der Waals surface area (Å²) in [6.07, 6.45) is -2.82. The van der Waals surface area contributed by atoms with Crippen LogP contribution in [0.4, 0.5) is 19.0 Å². The Hall–Kier alpha value is -2.51. The van der Waals surface area contributed by atoms with E-state index in [1.165, 1.54) is 6.07 Å². The SMILES string of the molecule is Cc1ccc([C@H]2C[C@H](C(F)(F)F)n3nc(C(=O)N4CCC(C)CC4)cc3N2)cc1. The topological polar surface area (TPSA) is 50.2 Å². The molecule has 2 aromatic rings. The molecule has 1 fully saturated rings. The first-order valence-electron chi connectivity index (χ1n) is 10.0. The van der Waals surface area contributed by atoms with Crippen LogP contribution in [0.5, 0.6) is 0 Å². The van der Waals surface area contributed by atoms with Crippen LogP contribution < -0.4 is 5.32 Å². The molecule has 2 atom stereocenters. The maximum atomic E-state index is 13.8. The number of nitrogens with one attached hydrogen (secondary N) is 1. The minimum Gasteiger partial charge on any atom is -0.363 e. The fourth-order valence-electron chi connectivity index (χ4n) is 4.07. The Morgan fingerprint density at radius 3 is 2.45 bits per heavy atom. The van der Waals surface area contributed by atoms with Gasteiger partial charge in [-0.3, -0.25) is 4.79 Å². The molecule has 0 saturated carbocycles. The van der Waals surface area contributed by atoms with Crippen molar-refractivity contribution in [2.45, 2.75) is 51.4 Å². The number of carbonyl (C=O) groups excluding carboxylic acids is 1. The van der Waals surface area contributed by atoms with Crippen LogP contribution in [-0.4, -0.2) is 39.9 Å². The molecular weight excluding hydrogens is 381 g/mol. The summed E-state index contributed by atoms with van der Waals surface area (Å²) < 4.78 is 42.3. The molecule has 0 spiro atoms. The van der Waals surface area contributed by atoms with Gasteiger partial charge < -0.3 is 10.2 Å². The smallest absolute Gasteiger partial charge is 0.363 e. The largest absolute Gasteiger partial charge is 0.410 e. The van der Waals surface area contributed by atoms with E-state index >= 15 is 0 Å². The van der Waals surface area contributed by atoms with Crippen LogP contribution in [-0.2, 0) is 0 Å². The van der Waals surface area contributed by atoms with Gasteiger partial charge in [0.1, 0.15) is 5.82 Å². The Kier molecular flexibility index (Phi) is 5.04. The van der Waals surface area contributed by atoms with Crippen molar-refractivity contribution in [1.29, 1.82) is 0 Å². The lowest BCUT2D eigenvalue weighted by molar-refractivity contribution is -0.173. The highest BCUT2D eigenvalue weighted by atomic mass is 19.4. The first-order valence-corrected chi connectivity index (χ1v) is 10.0. The van der Waals surface area contributed by atoms with Gasteiger partial charge in [-0.05, 0) is 31.2 Å². The van der Waals surface area contributed by atoms with Gasteiger partial charge in [-0.2, -0.15) is 18.3 Å². The van der Waals surface area contributed by atoms with E-state index in [0.29, 0.717) is 19.0 Å². The molecule has 2 aliphatic rings. The van der Waals surface area contributed by atoms with Crippen LogP contribution in [0.15, 0.2) is 30.3 Å². The third kappa shape index (κ3) is 3.97. The molecule has 5 nitrogen and oxygen atoms in total. The Labute approximate surface area is 167 Å². The Bertz CT molecular complexity index is 882. The predicted molar refractivity (Wildman–Crippen MR) is 104 cm³/mol. The molecule has 0 aliphatic carbocycles. The number of carbonyl (C=O) groups is 1. The number of benzene rings is 1. The van der Waals surface area contributed by atoms with Crippen molar-refractivity contribution in [3.8, 4) is 0 Å². The lowest BCUT2D eigenvalue weighted by Crippen LogP contribution is -2.38. The molecular formula is C21H25F3N4O. The van der Waals surface area contributed by atoms with Gasteiger partial charge in [-0.15, -0.1) is 0 Å². The second-order valence-corrected chi connectivity index (χ2v) is 8.23. The molecule has 1 aromatic carbocycles. The number of aryl methyl sites for hydroxylation is 1. The summed E-state index contributed by atoms with van der Waals surface area (Å²) in [6, 6.07) is 6.65. The molecule has 1 amide bonds. The Balaban J connectivity index is 1.63. The van der Waals surface area contributed by atoms with E-state index in [1.807, 2.05) is 31.2 Å². The average Bonchev–Trinajstić information content (AvgIpc) is 3.11. The van der Waals surface area contributed by atoms with Crippen molar-refractivity contribution in [3.05, 3.63) is 47.2 Å². The molecule has 29 heavy (non-hydrogen) atoms. The first-order chi connectivity index (χ1) is 13.7. The number of hydrogen-bond donors (Lipinski definition) is 1. The maximum absolute atomic E-state index is 13.8. The number of aromatic nitrogens is 2. The molecule has 156 valence electrons. The molecule has 3 heterocycles. The van der Waals surface area contributed by atoms with Crippen LogP contribution >= 0.6 is 0 Å². The molecule has 8 heteroatoms. The zero-order valence-electron chi connectivity index (χ0n) is 16.5. The normalized spacial score (nSPS) is 22.9. The number of halogens is 3. The van der Waals surface area contributed by atoms with Gasteiger partial charge in [0, 0.05) is 25.6 Å². The monoisotopic (exact) mass is 406 g/mol. The van der Waals surface area contributed by atoms with Gasteiger partial charge >= 0.3 is 6.18 Å². The van der Waals surface area contributed by atoms with Gasteiger partial charge in [0.15, 0.2) is 11.7 Å². The number of rotatable bonds is 2. The summed E-state index contributed by atoms with van der Waals surface area (Å²) in [4.78, 5) is 14.5. The van der Waals surface area contributed by atoms with Crippen LogP contribution in [0.3, 0.4) is 0 Å². The van der Waals surface area contributed by atoms with Gasteiger partial charge in [0.25, 0.3) is 5.91 Å². The minimum absolute atomic E-state index is 0.0702. The van der Waals surface area contributed by atoms with Gasteiger partial charge in [0.05, 0.1) is 6.04 Å². The van der Waals surface area contributed by atoms with Gasteiger partial charge in [-0.25, -0.2) is 4.68 Å². The van der Waals surface area contributed by atoms with E-state index in [4.69, 9.17) is 0 Å². The summed E-state index contributed by atoms with van der Waals surface area (Å²) >= 11 is 0. The van der Waals surface area contributed by atoms with Crippen LogP contribution in [0.2, 0.25) is 0 Å². The average molecular weight is 406 g/mol. The highest BCUT2D eigenvalue weighted by Crippen LogP contribution is 2.43. The number of likely N-dealkylation sites (tertiary alicyclic amines) is 1. The Morgan fingerprint density at radius 2 is 1.83 bits per heavy atom. The fraction of sp³-hybridized carbons (Fsp3) is 0.524. The standard InChI is InChI=1S/C21H25F3N4O/c1-13-3-5-15(6-4-13)16-11-18(21(22,23)24)28-19(25-16)12-17(26-28)20(29)27-9-7-14(2)8-10-27/h3-6,12,14,16,18,25H,7-11H2,1-2H3/t16-,18-/m1/s1. The second-order valence-electron chi connectivity index (χ2n) is 8.23. The molecule has 1 aromatic heterocycles. The second kappa shape index (κ2) is 7.39. The number of nitrogens with zero attached hydrogens (tertiary/aromatic N) is 3. The highest BCUT2D eigenvalue weighted by molar-refractivity contribution is 5.93. The van der Waals surface area contributed by atoms with Crippen LogP contribution in [0.1, 0.15) is 59.9 Å². The third-order valence-electron chi connectivity index (χ3n) is 5.96. The van der Waals surface area contributed by atoms with Crippen LogP contribution in [0.25, 0.3) is 0 Å². The lowest BCUT2D eigenvalue weighted by Gasteiger charge is -2.33. The zero-order chi connectivity index (χ0) is 20.8. The quantitative estimate of drug-likeness (QED) is 0.785. The van der Waals surface area contributed by atoms with Crippen molar-refractivity contribution in [2.24, 2.45) is 5.92 Å². The molecule has 0 bridgehead atoms. The number of alkyl halides is 3. The number of hydrogen-bond acceptors (Lipinski definition) is 3. The molecule has 0 unspecified atom stereocenters. The van der Waals surface area contributed by atoms with Gasteiger partial charge in [0.2, 0.25) is 0 Å². The van der Waals surface area contributed by atoms with Crippen molar-refractivity contribution < 1.29 is 18.0 Å². The number of piperidine rings is 1. The van der Waals surface area contributed by atoms with Gasteiger partial charge in [-0.1, -0.05) is 36.8 Å². The molecule has 1 saturated heterocycles. The molecule has 4 rings (SSSR count). The summed E-state index contributed by atoms with van der Waals surface area (Å²) in [6.45, 7) is 5.31. The van der Waals surface area contributed by atoms with E-state index in [2.05, 4.69) is 17.3 Å². The predicted octanol–water partition coefficient (Wildman–Crippen LogP) is 4.72. The molecule has 1 N–H and O–H groups in total. The highest BCUT2D eigenvalue weighted by Gasteiger charge is 2.47. The van der Waals surface area contributed by atoms with E-state index in [9.17, 15) is 18.0 Å². The number of anilines is 1. The minimum atomic E-state index is -4.45. The zero-order valence-corrected chi connectivity index (χ0v) is 16.5. The van der Waals surface area contributed by atoms with E-state index in [-0.39, 0.29) is 23.8 Å². The van der Waals surface area contributed by atoms with E-state index < -0.39 is 18.3 Å². The molecule has 0 radical (unpaired) electrons. The summed E-state index contributed by atoms with van der Waals surface area (Å²) in [5.74, 6) is 0.493. The maximum Gasteiger partial charge on any atom is 0.410 e. The summed E-state index contributed by atoms with van der Waals surface area (Å²) in [7, 11) is 0. The van der Waals surface area contributed by atoms with Crippen molar-refractivity contribution in [3.63, 3.8) is 0 Å². The van der Waals surface area contributed by atoms with Crippen LogP contribution in [0, 0.1) is 12.8 Å². The van der Waals surface area contributed by atoms with Crippen molar-refractivity contribution in [1.82, 2.24) is 14.7 Å².